The van der Waals surface area contributed by atoms with Crippen molar-refractivity contribution >= 4 is 5.97 Å². The average Bonchev–Trinajstić information content (AvgIpc) is 2.96. The summed E-state index contributed by atoms with van der Waals surface area (Å²) >= 11 is 0. The molecule has 208 valence electrons. The fraction of sp³-hybridized carbons (Fsp3) is 0.379. The minimum Gasteiger partial charge on any atom is -0.502 e. The average molecular weight is 540 g/mol. The number of fused-ring (bicyclic) bond motifs is 1. The lowest BCUT2D eigenvalue weighted by molar-refractivity contribution is -0.140. The maximum Gasteiger partial charge on any atom is 0.306 e. The highest BCUT2D eigenvalue weighted by atomic mass is 16.5. The Morgan fingerprint density at radius 1 is 1.00 bits per heavy atom. The maximum absolute atomic E-state index is 12.8. The summed E-state index contributed by atoms with van der Waals surface area (Å²) in [5.41, 5.74) is 2.67. The number of carbonyl (C=O) groups is 1. The van der Waals surface area contributed by atoms with E-state index in [1.165, 1.54) is 20.3 Å². The first-order valence-electron chi connectivity index (χ1n) is 12.5. The summed E-state index contributed by atoms with van der Waals surface area (Å²) in [5, 5.41) is 20.5. The molecule has 0 unspecified atom stereocenters. The van der Waals surface area contributed by atoms with Crippen LogP contribution in [0.15, 0.2) is 45.6 Å². The van der Waals surface area contributed by atoms with Crippen molar-refractivity contribution < 1.29 is 38.4 Å². The van der Waals surface area contributed by atoms with Crippen LogP contribution >= 0.6 is 0 Å². The van der Waals surface area contributed by atoms with Gasteiger partial charge in [-0.05, 0) is 47.4 Å². The molecule has 10 heteroatoms. The first-order valence-corrected chi connectivity index (χ1v) is 12.5. The summed E-state index contributed by atoms with van der Waals surface area (Å²) in [6.45, 7) is 1.32. The number of aliphatic hydroxyl groups is 1. The second-order valence-corrected chi connectivity index (χ2v) is 9.29. The predicted molar refractivity (Wildman–Crippen MR) is 141 cm³/mol. The Morgan fingerprint density at radius 3 is 2.33 bits per heavy atom. The Morgan fingerprint density at radius 2 is 1.69 bits per heavy atom. The number of nitrogens with zero attached hydrogens (tertiary/aromatic N) is 1. The quantitative estimate of drug-likeness (QED) is 0.371. The third-order valence-corrected chi connectivity index (χ3v) is 6.97. The van der Waals surface area contributed by atoms with Crippen molar-refractivity contribution in [1.82, 2.24) is 4.90 Å². The first-order chi connectivity index (χ1) is 18.8. The van der Waals surface area contributed by atoms with Crippen LogP contribution in [0.3, 0.4) is 0 Å². The Hall–Kier alpha value is -4.02. The summed E-state index contributed by atoms with van der Waals surface area (Å²) in [5.74, 6) is 0.142. The van der Waals surface area contributed by atoms with Gasteiger partial charge in [0.2, 0.25) is 11.2 Å². The Kier molecular flexibility index (Phi) is 8.78. The van der Waals surface area contributed by atoms with E-state index in [1.807, 2.05) is 12.1 Å². The minimum atomic E-state index is -0.833. The fourth-order valence-corrected chi connectivity index (χ4v) is 4.92. The smallest absolute Gasteiger partial charge is 0.306 e. The standard InChI is InChI=1S/C29H33NO9/c1-35-24-6-5-18(9-20(24)16-31)22(13-27(33)38-4)29-28(34)23(32)12-21(39-29)15-30-8-7-17-10-25(36-2)26(37-3)11-19(17)14-30/h5-6,9-12,22,31,34H,7-8,13-16H2,1-4H3/t22-/m1/s1. The van der Waals surface area contributed by atoms with E-state index in [-0.39, 0.29) is 18.8 Å². The highest BCUT2D eigenvalue weighted by Gasteiger charge is 2.28. The lowest BCUT2D eigenvalue weighted by Crippen LogP contribution is -2.30. The number of ether oxygens (including phenoxy) is 4. The van der Waals surface area contributed by atoms with E-state index in [0.717, 1.165) is 17.5 Å². The van der Waals surface area contributed by atoms with E-state index < -0.39 is 23.1 Å². The number of hydrogen-bond donors (Lipinski definition) is 2. The van der Waals surface area contributed by atoms with Crippen LogP contribution in [0.4, 0.5) is 0 Å². The van der Waals surface area contributed by atoms with Gasteiger partial charge in [0.15, 0.2) is 17.3 Å². The topological polar surface area (TPSA) is 128 Å². The van der Waals surface area contributed by atoms with Crippen molar-refractivity contribution in [1.29, 1.82) is 0 Å². The number of hydrogen-bond acceptors (Lipinski definition) is 10. The van der Waals surface area contributed by atoms with E-state index in [9.17, 15) is 19.8 Å². The van der Waals surface area contributed by atoms with Gasteiger partial charge in [-0.2, -0.15) is 0 Å². The van der Waals surface area contributed by atoms with E-state index in [0.29, 0.717) is 53.8 Å². The second-order valence-electron chi connectivity index (χ2n) is 9.29. The molecule has 10 nitrogen and oxygen atoms in total. The zero-order valence-electron chi connectivity index (χ0n) is 22.5. The lowest BCUT2D eigenvalue weighted by atomic mass is 9.90. The van der Waals surface area contributed by atoms with E-state index in [1.54, 1.807) is 32.4 Å². The number of rotatable bonds is 10. The molecule has 0 saturated carbocycles. The SMILES string of the molecule is COC(=O)C[C@H](c1ccc(OC)c(CO)c1)c1oc(CN2CCc3cc(OC)c(OC)cc3C2)cc(=O)c1O. The lowest BCUT2D eigenvalue weighted by Gasteiger charge is -2.29. The van der Waals surface area contributed by atoms with Gasteiger partial charge >= 0.3 is 5.97 Å². The van der Waals surface area contributed by atoms with Gasteiger partial charge in [-0.1, -0.05) is 6.07 Å². The van der Waals surface area contributed by atoms with Crippen LogP contribution < -0.4 is 19.6 Å². The molecule has 1 aliphatic rings. The predicted octanol–water partition coefficient (Wildman–Crippen LogP) is 3.12. The highest BCUT2D eigenvalue weighted by molar-refractivity contribution is 5.71. The second kappa shape index (κ2) is 12.2. The van der Waals surface area contributed by atoms with Gasteiger partial charge in [0, 0.05) is 24.7 Å². The molecule has 3 aromatic rings. The van der Waals surface area contributed by atoms with Crippen LogP contribution in [-0.4, -0.2) is 56.1 Å². The van der Waals surface area contributed by atoms with Crippen LogP contribution in [-0.2, 0) is 35.6 Å². The van der Waals surface area contributed by atoms with Gasteiger partial charge in [-0.15, -0.1) is 0 Å². The van der Waals surface area contributed by atoms with Crippen molar-refractivity contribution in [2.45, 2.75) is 38.5 Å². The maximum atomic E-state index is 12.8. The number of carbonyl (C=O) groups excluding carboxylic acids is 1. The van der Waals surface area contributed by atoms with Crippen LogP contribution in [0.1, 0.15) is 46.1 Å². The number of aliphatic hydroxyl groups excluding tert-OH is 1. The summed E-state index contributed by atoms with van der Waals surface area (Å²) in [7, 11) is 5.94. The van der Waals surface area contributed by atoms with Crippen LogP contribution in [0.2, 0.25) is 0 Å². The van der Waals surface area contributed by atoms with Gasteiger partial charge in [-0.25, -0.2) is 0 Å². The van der Waals surface area contributed by atoms with Gasteiger partial charge in [0.25, 0.3) is 0 Å². The normalized spacial score (nSPS) is 13.9. The third-order valence-electron chi connectivity index (χ3n) is 6.97. The first kappa shape index (κ1) is 28.0. The van der Waals surface area contributed by atoms with Crippen molar-refractivity contribution in [2.75, 3.05) is 35.0 Å². The van der Waals surface area contributed by atoms with E-state index >= 15 is 0 Å². The molecule has 1 aromatic heterocycles. The Bertz CT molecular complexity index is 1400. The Labute approximate surface area is 226 Å². The summed E-state index contributed by atoms with van der Waals surface area (Å²) in [4.78, 5) is 27.3. The van der Waals surface area contributed by atoms with Crippen molar-refractivity contribution in [3.8, 4) is 23.0 Å². The monoisotopic (exact) mass is 539 g/mol. The van der Waals surface area contributed by atoms with Crippen LogP contribution in [0.25, 0.3) is 0 Å². The van der Waals surface area contributed by atoms with Gasteiger partial charge < -0.3 is 33.6 Å². The minimum absolute atomic E-state index is 0.0410. The van der Waals surface area contributed by atoms with E-state index in [4.69, 9.17) is 23.4 Å². The molecule has 0 aliphatic carbocycles. The summed E-state index contributed by atoms with van der Waals surface area (Å²) in [6.07, 6.45) is 0.581. The molecule has 2 heterocycles. The molecule has 2 N–H and O–H groups in total. The molecular formula is C29H33NO9. The van der Waals surface area contributed by atoms with Gasteiger partial charge in [-0.3, -0.25) is 14.5 Å². The summed E-state index contributed by atoms with van der Waals surface area (Å²) in [6, 6.07) is 10.2. The zero-order valence-corrected chi connectivity index (χ0v) is 22.5. The molecular weight excluding hydrogens is 506 g/mol. The van der Waals surface area contributed by atoms with Gasteiger partial charge in [0.05, 0.1) is 53.9 Å². The number of esters is 1. The van der Waals surface area contributed by atoms with Crippen molar-refractivity contribution in [3.63, 3.8) is 0 Å². The molecule has 4 rings (SSSR count). The molecule has 0 radical (unpaired) electrons. The molecule has 0 amide bonds. The molecule has 0 fully saturated rings. The van der Waals surface area contributed by atoms with Crippen LogP contribution in [0, 0.1) is 0 Å². The molecule has 2 aromatic carbocycles. The Balaban J connectivity index is 1.67. The zero-order chi connectivity index (χ0) is 28.1. The van der Waals surface area contributed by atoms with Crippen molar-refractivity contribution in [2.24, 2.45) is 0 Å². The third kappa shape index (κ3) is 6.02. The summed E-state index contributed by atoms with van der Waals surface area (Å²) < 4.78 is 27.1. The highest BCUT2D eigenvalue weighted by Crippen LogP contribution is 2.37. The fourth-order valence-electron chi connectivity index (χ4n) is 4.92. The molecule has 0 spiro atoms. The van der Waals surface area contributed by atoms with Gasteiger partial charge in [0.1, 0.15) is 11.5 Å². The van der Waals surface area contributed by atoms with Crippen LogP contribution in [0.5, 0.6) is 23.0 Å². The van der Waals surface area contributed by atoms with E-state index in [2.05, 4.69) is 4.90 Å². The number of aromatic hydroxyl groups is 1. The molecule has 1 aliphatic heterocycles. The molecule has 0 bridgehead atoms. The number of methoxy groups -OCH3 is 4. The van der Waals surface area contributed by atoms with Crippen molar-refractivity contribution in [3.05, 3.63) is 80.4 Å². The molecule has 0 saturated heterocycles. The number of benzene rings is 2. The largest absolute Gasteiger partial charge is 0.502 e. The molecule has 39 heavy (non-hydrogen) atoms. The molecule has 1 atom stereocenters.